The number of nitrogens with one attached hydrogen (secondary N) is 1. The second kappa shape index (κ2) is 7.41. The SMILES string of the molecule is CCN(CC(=O)O)C(=O)NCCc1ccccc1C. The number of amides is 2. The van der Waals surface area contributed by atoms with Gasteiger partial charge < -0.3 is 15.3 Å². The van der Waals surface area contributed by atoms with Crippen LogP contribution >= 0.6 is 0 Å². The molecule has 0 unspecified atom stereocenters. The Labute approximate surface area is 113 Å². The maximum atomic E-state index is 11.7. The average Bonchev–Trinajstić information content (AvgIpc) is 2.37. The highest BCUT2D eigenvalue weighted by Gasteiger charge is 2.13. The number of aryl methyl sites for hydroxylation is 1. The lowest BCUT2D eigenvalue weighted by Gasteiger charge is -2.19. The second-order valence-corrected chi connectivity index (χ2v) is 4.32. The Morgan fingerprint density at radius 2 is 2.00 bits per heavy atom. The Morgan fingerprint density at radius 1 is 1.32 bits per heavy atom. The van der Waals surface area contributed by atoms with E-state index in [9.17, 15) is 9.59 Å². The number of carboxylic acids is 1. The summed E-state index contributed by atoms with van der Waals surface area (Å²) in [5, 5.41) is 11.4. The van der Waals surface area contributed by atoms with Gasteiger partial charge in [-0.25, -0.2) is 4.79 Å². The Bertz CT molecular complexity index is 446. The number of likely N-dealkylation sites (N-methyl/N-ethyl adjacent to an activating group) is 1. The molecule has 0 aromatic heterocycles. The first-order valence-electron chi connectivity index (χ1n) is 6.33. The molecule has 0 spiro atoms. The number of carbonyl (C=O) groups is 2. The summed E-state index contributed by atoms with van der Waals surface area (Å²) in [6.45, 7) is 4.39. The molecule has 104 valence electrons. The smallest absolute Gasteiger partial charge is 0.323 e. The zero-order valence-corrected chi connectivity index (χ0v) is 11.3. The molecule has 5 nitrogen and oxygen atoms in total. The third-order valence-corrected chi connectivity index (χ3v) is 2.93. The number of carboxylic acid groups (broad SMARTS) is 1. The van der Waals surface area contributed by atoms with Crippen LogP contribution in [0.15, 0.2) is 24.3 Å². The monoisotopic (exact) mass is 264 g/mol. The molecule has 1 rings (SSSR count). The fourth-order valence-electron chi connectivity index (χ4n) is 1.80. The Balaban J connectivity index is 2.42. The average molecular weight is 264 g/mol. The normalized spacial score (nSPS) is 10.0. The topological polar surface area (TPSA) is 69.6 Å². The predicted octanol–water partition coefficient (Wildman–Crippen LogP) is 1.65. The van der Waals surface area contributed by atoms with Crippen LogP contribution in [0.5, 0.6) is 0 Å². The molecule has 2 N–H and O–H groups in total. The van der Waals surface area contributed by atoms with Crippen LogP contribution in [0.3, 0.4) is 0 Å². The summed E-state index contributed by atoms with van der Waals surface area (Å²) < 4.78 is 0. The highest BCUT2D eigenvalue weighted by atomic mass is 16.4. The molecule has 0 atom stereocenters. The predicted molar refractivity (Wildman–Crippen MR) is 73.2 cm³/mol. The van der Waals surface area contributed by atoms with Crippen molar-refractivity contribution in [3.63, 3.8) is 0 Å². The number of benzene rings is 1. The molecule has 0 fully saturated rings. The lowest BCUT2D eigenvalue weighted by atomic mass is 10.1. The lowest BCUT2D eigenvalue weighted by Crippen LogP contribution is -2.43. The molecule has 0 aliphatic rings. The molecule has 0 heterocycles. The molecule has 0 aliphatic carbocycles. The minimum Gasteiger partial charge on any atom is -0.480 e. The summed E-state index contributed by atoms with van der Waals surface area (Å²) in [7, 11) is 0. The first-order chi connectivity index (χ1) is 9.04. The van der Waals surface area contributed by atoms with Gasteiger partial charge in [-0.1, -0.05) is 24.3 Å². The van der Waals surface area contributed by atoms with Crippen molar-refractivity contribution in [2.45, 2.75) is 20.3 Å². The van der Waals surface area contributed by atoms with E-state index in [2.05, 4.69) is 5.32 Å². The number of rotatable bonds is 6. The van der Waals surface area contributed by atoms with E-state index < -0.39 is 5.97 Å². The van der Waals surface area contributed by atoms with E-state index in [-0.39, 0.29) is 12.6 Å². The van der Waals surface area contributed by atoms with Crippen molar-refractivity contribution in [3.8, 4) is 0 Å². The molecule has 0 aliphatic heterocycles. The fourth-order valence-corrected chi connectivity index (χ4v) is 1.80. The van der Waals surface area contributed by atoms with Gasteiger partial charge in [0.05, 0.1) is 0 Å². The van der Waals surface area contributed by atoms with Crippen molar-refractivity contribution >= 4 is 12.0 Å². The van der Waals surface area contributed by atoms with Crippen molar-refractivity contribution in [3.05, 3.63) is 35.4 Å². The molecule has 0 saturated carbocycles. The standard InChI is InChI=1S/C14H20N2O3/c1-3-16(10-13(17)18)14(19)15-9-8-12-7-5-4-6-11(12)2/h4-7H,3,8-10H2,1-2H3,(H,15,19)(H,17,18). The van der Waals surface area contributed by atoms with Crippen LogP contribution in [0.25, 0.3) is 0 Å². The first kappa shape index (κ1) is 15.0. The molecule has 1 aromatic rings. The third kappa shape index (κ3) is 4.99. The van der Waals surface area contributed by atoms with Crippen LogP contribution in [0.4, 0.5) is 4.79 Å². The number of carbonyl (C=O) groups excluding carboxylic acids is 1. The van der Waals surface area contributed by atoms with Gasteiger partial charge in [0.2, 0.25) is 0 Å². The molecule has 0 radical (unpaired) electrons. The number of hydrogen-bond donors (Lipinski definition) is 2. The van der Waals surface area contributed by atoms with Crippen LogP contribution in [0.2, 0.25) is 0 Å². The van der Waals surface area contributed by atoms with Gasteiger partial charge in [0.25, 0.3) is 0 Å². The number of hydrogen-bond acceptors (Lipinski definition) is 2. The van der Waals surface area contributed by atoms with E-state index in [1.807, 2.05) is 31.2 Å². The van der Waals surface area contributed by atoms with Gasteiger partial charge in [-0.2, -0.15) is 0 Å². The van der Waals surface area contributed by atoms with Crippen LogP contribution in [0.1, 0.15) is 18.1 Å². The van der Waals surface area contributed by atoms with Gasteiger partial charge in [-0.15, -0.1) is 0 Å². The van der Waals surface area contributed by atoms with E-state index in [0.29, 0.717) is 13.1 Å². The summed E-state index contributed by atoms with van der Waals surface area (Å²) in [5.41, 5.74) is 2.37. The van der Waals surface area contributed by atoms with Gasteiger partial charge in [0.15, 0.2) is 0 Å². The Hall–Kier alpha value is -2.04. The second-order valence-electron chi connectivity index (χ2n) is 4.32. The van der Waals surface area contributed by atoms with Crippen molar-refractivity contribution in [2.75, 3.05) is 19.6 Å². The van der Waals surface area contributed by atoms with E-state index in [1.54, 1.807) is 6.92 Å². The zero-order chi connectivity index (χ0) is 14.3. The molecule has 2 amide bonds. The summed E-state index contributed by atoms with van der Waals surface area (Å²) in [4.78, 5) is 23.6. The van der Waals surface area contributed by atoms with Gasteiger partial charge in [-0.3, -0.25) is 4.79 Å². The van der Waals surface area contributed by atoms with E-state index >= 15 is 0 Å². The molecule has 0 bridgehead atoms. The van der Waals surface area contributed by atoms with Crippen molar-refractivity contribution in [1.29, 1.82) is 0 Å². The quantitative estimate of drug-likeness (QED) is 0.821. The summed E-state index contributed by atoms with van der Waals surface area (Å²) in [5.74, 6) is -1.00. The van der Waals surface area contributed by atoms with Crippen LogP contribution in [-0.4, -0.2) is 41.6 Å². The number of urea groups is 1. The summed E-state index contributed by atoms with van der Waals surface area (Å²) >= 11 is 0. The number of aliphatic carboxylic acids is 1. The largest absolute Gasteiger partial charge is 0.480 e. The molecule has 1 aromatic carbocycles. The molecular weight excluding hydrogens is 244 g/mol. The zero-order valence-electron chi connectivity index (χ0n) is 11.3. The van der Waals surface area contributed by atoms with Crippen molar-refractivity contribution < 1.29 is 14.7 Å². The minimum absolute atomic E-state index is 0.271. The van der Waals surface area contributed by atoms with Crippen LogP contribution < -0.4 is 5.32 Å². The van der Waals surface area contributed by atoms with Gasteiger partial charge >= 0.3 is 12.0 Å². The summed E-state index contributed by atoms with van der Waals surface area (Å²) in [6, 6.07) is 7.66. The highest BCUT2D eigenvalue weighted by Crippen LogP contribution is 2.06. The minimum atomic E-state index is -1.00. The molecular formula is C14H20N2O3. The lowest BCUT2D eigenvalue weighted by molar-refractivity contribution is -0.137. The van der Waals surface area contributed by atoms with Crippen molar-refractivity contribution in [2.24, 2.45) is 0 Å². The summed E-state index contributed by atoms with van der Waals surface area (Å²) in [6.07, 6.45) is 0.739. The first-order valence-corrected chi connectivity index (χ1v) is 6.33. The van der Waals surface area contributed by atoms with Gasteiger partial charge in [0, 0.05) is 13.1 Å². The van der Waals surface area contributed by atoms with Crippen LogP contribution in [0, 0.1) is 6.92 Å². The van der Waals surface area contributed by atoms with Gasteiger partial charge in [0.1, 0.15) is 6.54 Å². The van der Waals surface area contributed by atoms with E-state index in [4.69, 9.17) is 5.11 Å². The highest BCUT2D eigenvalue weighted by molar-refractivity contribution is 5.80. The fraction of sp³-hybridized carbons (Fsp3) is 0.429. The maximum absolute atomic E-state index is 11.7. The van der Waals surface area contributed by atoms with Crippen molar-refractivity contribution in [1.82, 2.24) is 10.2 Å². The third-order valence-electron chi connectivity index (χ3n) is 2.93. The van der Waals surface area contributed by atoms with Gasteiger partial charge in [-0.05, 0) is 31.4 Å². The molecule has 0 saturated heterocycles. The van der Waals surface area contributed by atoms with E-state index in [1.165, 1.54) is 16.0 Å². The molecule has 19 heavy (non-hydrogen) atoms. The Kier molecular flexibility index (Phi) is 5.85. The van der Waals surface area contributed by atoms with E-state index in [0.717, 1.165) is 6.42 Å². The van der Waals surface area contributed by atoms with Crippen LogP contribution in [-0.2, 0) is 11.2 Å². The molecule has 5 heteroatoms. The Morgan fingerprint density at radius 3 is 2.58 bits per heavy atom. The number of nitrogens with zero attached hydrogens (tertiary/aromatic N) is 1. The maximum Gasteiger partial charge on any atom is 0.323 e.